The molecule has 0 saturated heterocycles. The van der Waals surface area contributed by atoms with Crippen molar-refractivity contribution in [2.75, 3.05) is 13.2 Å². The maximum atomic E-state index is 10.3. The van der Waals surface area contributed by atoms with Gasteiger partial charge >= 0.3 is 23.1 Å². The molecule has 0 aromatic carbocycles. The molecule has 0 radical (unpaired) electrons. The van der Waals surface area contributed by atoms with Crippen molar-refractivity contribution in [3.05, 3.63) is 0 Å². The maximum Gasteiger partial charge on any atom is 2.00 e. The Bertz CT molecular complexity index is 904. The largest absolute Gasteiger partial charge is 2.00 e. The fourth-order valence-electron chi connectivity index (χ4n) is 7.74. The van der Waals surface area contributed by atoms with Crippen LogP contribution in [0, 0.1) is 0 Å². The van der Waals surface area contributed by atoms with Crippen LogP contribution in [0.5, 0.6) is 0 Å². The van der Waals surface area contributed by atoms with E-state index in [1.54, 1.807) is 0 Å². The SMILES string of the molecule is CCCCCCCCCCCCCCCCCCCCCCCCOS(=O)(=O)[O-].CCCCCCCCCCCCCCCCCCCCCCCCOS(=O)(=O)[O-].[Mg+2]. The summed E-state index contributed by atoms with van der Waals surface area (Å²) in [6, 6.07) is 0. The second-order valence-corrected chi connectivity index (χ2v) is 19.4. The molecule has 0 saturated carbocycles. The van der Waals surface area contributed by atoms with E-state index in [0.717, 1.165) is 25.7 Å². The van der Waals surface area contributed by atoms with E-state index < -0.39 is 20.8 Å². The molecule has 0 unspecified atom stereocenters. The van der Waals surface area contributed by atoms with Gasteiger partial charge in [-0.05, 0) is 12.8 Å². The molecule has 0 atom stereocenters. The second-order valence-electron chi connectivity index (χ2n) is 17.3. The Kier molecular flexibility index (Phi) is 57.1. The summed E-state index contributed by atoms with van der Waals surface area (Å²) in [5, 5.41) is 0. The van der Waals surface area contributed by atoms with E-state index in [-0.39, 0.29) is 36.3 Å². The Morgan fingerprint density at radius 1 is 0.254 bits per heavy atom. The van der Waals surface area contributed by atoms with Crippen LogP contribution < -0.4 is 0 Å². The summed E-state index contributed by atoms with van der Waals surface area (Å²) >= 11 is 0. The van der Waals surface area contributed by atoms with E-state index in [0.29, 0.717) is 12.8 Å². The third-order valence-corrected chi connectivity index (χ3v) is 12.4. The van der Waals surface area contributed by atoms with E-state index in [1.165, 1.54) is 244 Å². The van der Waals surface area contributed by atoms with Crippen molar-refractivity contribution < 1.29 is 34.3 Å². The third-order valence-electron chi connectivity index (χ3n) is 11.5. The zero-order valence-electron chi connectivity index (χ0n) is 39.3. The summed E-state index contributed by atoms with van der Waals surface area (Å²) in [7, 11) is -9.00. The summed E-state index contributed by atoms with van der Waals surface area (Å²) in [4.78, 5) is 0. The molecule has 0 N–H and O–H groups in total. The van der Waals surface area contributed by atoms with E-state index in [9.17, 15) is 25.9 Å². The molecule has 0 aliphatic heterocycles. The molecule has 0 fully saturated rings. The zero-order valence-corrected chi connectivity index (χ0v) is 42.4. The van der Waals surface area contributed by atoms with E-state index in [2.05, 4.69) is 22.2 Å². The van der Waals surface area contributed by atoms with Gasteiger partial charge in [0.25, 0.3) is 0 Å². The number of unbranched alkanes of at least 4 members (excludes halogenated alkanes) is 42. The number of rotatable bonds is 48. The van der Waals surface area contributed by atoms with Gasteiger partial charge in [0, 0.05) is 0 Å². The van der Waals surface area contributed by atoms with Gasteiger partial charge in [-0.25, -0.2) is 16.8 Å². The summed E-state index contributed by atoms with van der Waals surface area (Å²) in [6.07, 6.45) is 58.2. The summed E-state index contributed by atoms with van der Waals surface area (Å²) < 4.78 is 70.0. The second kappa shape index (κ2) is 52.8. The van der Waals surface area contributed by atoms with Crippen molar-refractivity contribution in [1.29, 1.82) is 0 Å². The van der Waals surface area contributed by atoms with Crippen LogP contribution in [0.4, 0.5) is 0 Å². The average molecular weight is 892 g/mol. The normalized spacial score (nSPS) is 11.7. The first kappa shape index (κ1) is 63.8. The van der Waals surface area contributed by atoms with Crippen molar-refractivity contribution in [1.82, 2.24) is 0 Å². The van der Waals surface area contributed by atoms with Crippen molar-refractivity contribution in [3.8, 4) is 0 Å². The van der Waals surface area contributed by atoms with Crippen molar-refractivity contribution >= 4 is 43.9 Å². The van der Waals surface area contributed by atoms with E-state index >= 15 is 0 Å². The van der Waals surface area contributed by atoms with Crippen LogP contribution in [0.15, 0.2) is 0 Å². The van der Waals surface area contributed by atoms with Gasteiger partial charge < -0.3 is 9.11 Å². The molecule has 0 rings (SSSR count). The van der Waals surface area contributed by atoms with Gasteiger partial charge in [-0.3, -0.25) is 8.37 Å². The van der Waals surface area contributed by atoms with Crippen LogP contribution in [0.1, 0.15) is 296 Å². The predicted octanol–water partition coefficient (Wildman–Crippen LogP) is 15.7. The molecule has 59 heavy (non-hydrogen) atoms. The van der Waals surface area contributed by atoms with Crippen LogP contribution in [0.3, 0.4) is 0 Å². The van der Waals surface area contributed by atoms with Crippen LogP contribution in [-0.4, -0.2) is 62.2 Å². The Morgan fingerprint density at radius 2 is 0.373 bits per heavy atom. The molecule has 0 aromatic rings. The van der Waals surface area contributed by atoms with Crippen LogP contribution in [0.2, 0.25) is 0 Å². The molecule has 0 spiro atoms. The van der Waals surface area contributed by atoms with Gasteiger partial charge in [0.15, 0.2) is 0 Å². The van der Waals surface area contributed by atoms with Crippen molar-refractivity contribution in [3.63, 3.8) is 0 Å². The topological polar surface area (TPSA) is 133 Å². The van der Waals surface area contributed by atoms with Gasteiger partial charge in [-0.15, -0.1) is 0 Å². The Balaban J connectivity index is -0.00000105. The van der Waals surface area contributed by atoms with E-state index in [4.69, 9.17) is 0 Å². The van der Waals surface area contributed by atoms with Gasteiger partial charge in [0.05, 0.1) is 13.2 Å². The number of hydrogen-bond donors (Lipinski definition) is 0. The summed E-state index contributed by atoms with van der Waals surface area (Å²) in [5.41, 5.74) is 0. The molecule has 11 heteroatoms. The quantitative estimate of drug-likeness (QED) is 0.0255. The fraction of sp³-hybridized carbons (Fsp3) is 1.00. The van der Waals surface area contributed by atoms with Gasteiger partial charge in [-0.2, -0.15) is 0 Å². The fourth-order valence-corrected chi connectivity index (χ4v) is 8.39. The minimum absolute atomic E-state index is 0. The maximum absolute atomic E-state index is 10.3. The molecule has 0 aromatic heterocycles. The molecule has 0 aliphatic rings. The number of hydrogen-bond acceptors (Lipinski definition) is 8. The predicted molar refractivity (Wildman–Crippen MR) is 252 cm³/mol. The Morgan fingerprint density at radius 3 is 0.492 bits per heavy atom. The average Bonchev–Trinajstić information content (AvgIpc) is 3.18. The molecule has 352 valence electrons. The zero-order chi connectivity index (χ0) is 42.9. The summed E-state index contributed by atoms with van der Waals surface area (Å²) in [5.74, 6) is 0. The molecule has 0 bridgehead atoms. The van der Waals surface area contributed by atoms with Gasteiger partial charge in [0.1, 0.15) is 0 Å². The van der Waals surface area contributed by atoms with E-state index in [1.807, 2.05) is 0 Å². The first-order valence-corrected chi connectivity index (χ1v) is 28.0. The van der Waals surface area contributed by atoms with Crippen LogP contribution in [-0.2, 0) is 29.2 Å². The molecule has 0 heterocycles. The smallest absolute Gasteiger partial charge is 0.726 e. The monoisotopic (exact) mass is 891 g/mol. The van der Waals surface area contributed by atoms with Gasteiger partial charge in [0.2, 0.25) is 20.8 Å². The molecular weight excluding hydrogens is 793 g/mol. The Hall–Kier alpha value is 0.506. The standard InChI is InChI=1S/2C24H50O4S.Mg/c2*1-2-3-4-5-6-7-8-9-10-11-12-13-14-15-16-17-18-19-20-21-22-23-24-28-29(25,26)27;/h2*2-24H2,1H3,(H,25,26,27);/q;;+2/p-2. The van der Waals surface area contributed by atoms with Crippen LogP contribution in [0.25, 0.3) is 0 Å². The first-order valence-electron chi connectivity index (χ1n) is 25.3. The molecular formula is C48H98MgO8S2. The van der Waals surface area contributed by atoms with Crippen molar-refractivity contribution in [2.24, 2.45) is 0 Å². The minimum atomic E-state index is -4.50. The third kappa shape index (κ3) is 67.8. The molecule has 8 nitrogen and oxygen atoms in total. The molecule has 0 amide bonds. The molecule has 0 aliphatic carbocycles. The summed E-state index contributed by atoms with van der Waals surface area (Å²) in [6.45, 7) is 4.63. The first-order chi connectivity index (χ1) is 28.1. The van der Waals surface area contributed by atoms with Crippen LogP contribution >= 0.6 is 0 Å². The van der Waals surface area contributed by atoms with Gasteiger partial charge in [-0.1, -0.05) is 284 Å². The Labute approximate surface area is 385 Å². The van der Waals surface area contributed by atoms with Crippen molar-refractivity contribution in [2.45, 2.75) is 296 Å². The minimum Gasteiger partial charge on any atom is -0.726 e.